The molecule has 107 heavy (non-hydrogen) atoms. The van der Waals surface area contributed by atoms with E-state index in [2.05, 4.69) is 31.3 Å². The number of aliphatic hydroxyl groups excluding tert-OH is 11. The summed E-state index contributed by atoms with van der Waals surface area (Å²) in [6.45, 7) is 1.80. The Hall–Kier alpha value is -1.73. The van der Waals surface area contributed by atoms with E-state index in [0.717, 1.165) is 38.5 Å². The average Bonchev–Trinajstić information content (AvgIpc) is 0.781. The van der Waals surface area contributed by atoms with Gasteiger partial charge in [0.05, 0.1) is 38.6 Å². The van der Waals surface area contributed by atoms with Crippen LogP contribution in [0.25, 0.3) is 0 Å². The second-order valence-corrected chi connectivity index (χ2v) is 32.4. The van der Waals surface area contributed by atoms with Crippen molar-refractivity contribution in [1.82, 2.24) is 5.32 Å². The highest BCUT2D eigenvalue weighted by Crippen LogP contribution is 2.34. The highest BCUT2D eigenvalue weighted by Gasteiger charge is 2.54. The molecule has 19 heteroatoms. The van der Waals surface area contributed by atoms with Gasteiger partial charge in [0.15, 0.2) is 18.9 Å². The van der Waals surface area contributed by atoms with Crippen molar-refractivity contribution in [2.24, 2.45) is 0 Å². The lowest BCUT2D eigenvalue weighted by molar-refractivity contribution is -0.379. The van der Waals surface area contributed by atoms with Gasteiger partial charge in [-0.25, -0.2) is 0 Å². The molecular formula is C88H167NO18. The Morgan fingerprint density at radius 2 is 0.598 bits per heavy atom. The molecule has 3 saturated heterocycles. The van der Waals surface area contributed by atoms with E-state index in [4.69, 9.17) is 28.4 Å². The summed E-state index contributed by atoms with van der Waals surface area (Å²) in [6.07, 6.45) is 59.2. The number of hydrogen-bond donors (Lipinski definition) is 12. The monoisotopic (exact) mass is 1530 g/mol. The number of allylic oxidation sites excluding steroid dienone is 3. The second kappa shape index (κ2) is 68.7. The van der Waals surface area contributed by atoms with Gasteiger partial charge in [0.25, 0.3) is 0 Å². The molecule has 0 aromatic carbocycles. The summed E-state index contributed by atoms with van der Waals surface area (Å²) in [5.41, 5.74) is 0. The number of carbonyl (C=O) groups excluding carboxylic acids is 1. The highest BCUT2D eigenvalue weighted by molar-refractivity contribution is 5.76. The van der Waals surface area contributed by atoms with Gasteiger partial charge in [-0.05, 0) is 32.1 Å². The van der Waals surface area contributed by atoms with E-state index in [1.54, 1.807) is 6.08 Å². The number of aliphatic hydroxyl groups is 11. The maximum absolute atomic E-state index is 13.5. The van der Waals surface area contributed by atoms with Crippen LogP contribution < -0.4 is 5.32 Å². The predicted octanol–water partition coefficient (Wildman–Crippen LogP) is 16.9. The first kappa shape index (κ1) is 99.5. The normalized spacial score (nSPS) is 25.6. The molecule has 3 heterocycles. The number of nitrogens with one attached hydrogen (secondary N) is 1. The molecule has 3 fully saturated rings. The smallest absolute Gasteiger partial charge is 0.220 e. The van der Waals surface area contributed by atoms with Crippen molar-refractivity contribution in [1.29, 1.82) is 0 Å². The van der Waals surface area contributed by atoms with E-state index in [9.17, 15) is 61.0 Å². The Morgan fingerprint density at radius 3 is 0.935 bits per heavy atom. The molecule has 0 aliphatic carbocycles. The molecule has 0 saturated carbocycles. The van der Waals surface area contributed by atoms with Crippen molar-refractivity contribution in [2.45, 2.75) is 503 Å². The van der Waals surface area contributed by atoms with Gasteiger partial charge in [-0.3, -0.25) is 4.79 Å². The highest BCUT2D eigenvalue weighted by atomic mass is 16.8. The zero-order chi connectivity index (χ0) is 77.4. The first-order valence-electron chi connectivity index (χ1n) is 45.1. The minimum atomic E-state index is -1.98. The van der Waals surface area contributed by atoms with Gasteiger partial charge in [-0.15, -0.1) is 0 Å². The molecule has 12 N–H and O–H groups in total. The molecule has 0 spiro atoms. The molecule has 3 aliphatic rings. The van der Waals surface area contributed by atoms with Crippen molar-refractivity contribution in [3.63, 3.8) is 0 Å². The molecule has 0 radical (unpaired) electrons. The average molecular weight is 1530 g/mol. The maximum Gasteiger partial charge on any atom is 0.220 e. The lowest BCUT2D eigenvalue weighted by atomic mass is 9.96. The molecule has 3 aliphatic heterocycles. The van der Waals surface area contributed by atoms with Crippen LogP contribution in [0.4, 0.5) is 0 Å². The van der Waals surface area contributed by atoms with Crippen LogP contribution in [0.3, 0.4) is 0 Å². The molecule has 17 unspecified atom stereocenters. The van der Waals surface area contributed by atoms with Crippen LogP contribution in [-0.2, 0) is 33.2 Å². The van der Waals surface area contributed by atoms with E-state index in [0.29, 0.717) is 12.8 Å². The molecule has 0 bridgehead atoms. The van der Waals surface area contributed by atoms with Crippen LogP contribution in [-0.4, -0.2) is 193 Å². The molecule has 1 amide bonds. The fourth-order valence-corrected chi connectivity index (χ4v) is 15.6. The van der Waals surface area contributed by atoms with Gasteiger partial charge in [0.1, 0.15) is 73.2 Å². The first-order valence-corrected chi connectivity index (χ1v) is 45.1. The minimum Gasteiger partial charge on any atom is -0.394 e. The number of unbranched alkanes of at least 4 members (excludes halogenated alkanes) is 56. The van der Waals surface area contributed by atoms with Crippen LogP contribution >= 0.6 is 0 Å². The largest absolute Gasteiger partial charge is 0.394 e. The molecule has 0 aromatic heterocycles. The molecular weight excluding hydrogens is 1360 g/mol. The van der Waals surface area contributed by atoms with Crippen LogP contribution in [0.15, 0.2) is 24.3 Å². The summed E-state index contributed by atoms with van der Waals surface area (Å²) in [4.78, 5) is 13.5. The zero-order valence-electron chi connectivity index (χ0n) is 68.2. The molecule has 17 atom stereocenters. The standard InChI is InChI=1S/C88H167NO18/c1-3-5-7-9-11-13-15-17-19-21-23-25-27-29-31-33-35-37-39-41-43-45-47-49-51-53-55-57-59-61-63-65-72(93)71(89-76(94)66-64-62-60-58-56-54-52-50-48-46-44-42-40-38-36-34-32-30-28-26-24-22-20-18-16-14-12-10-8-6-4-2)70-102-86-82(100)79(97)84(74(68-91)104-86)107-88-83(101)80(98)85(75(69-92)105-88)106-87-81(99)78(96)77(95)73(67-90)103-87/h55,57,63,65,71-75,77-88,90-93,95-101H,3-54,56,58-62,64,66-70H2,1-2H3,(H,89,94)/b57-55+,65-63+. The minimum absolute atomic E-state index is 0.241. The van der Waals surface area contributed by atoms with Crippen LogP contribution in [0.2, 0.25) is 0 Å². The van der Waals surface area contributed by atoms with E-state index in [1.807, 2.05) is 6.08 Å². The maximum atomic E-state index is 13.5. The van der Waals surface area contributed by atoms with Crippen molar-refractivity contribution in [2.75, 3.05) is 26.4 Å². The second-order valence-electron chi connectivity index (χ2n) is 32.4. The number of amides is 1. The van der Waals surface area contributed by atoms with Gasteiger partial charge in [-0.2, -0.15) is 0 Å². The van der Waals surface area contributed by atoms with Crippen molar-refractivity contribution >= 4 is 5.91 Å². The Bertz CT molecular complexity index is 2020. The van der Waals surface area contributed by atoms with Crippen LogP contribution in [0, 0.1) is 0 Å². The fraction of sp³-hybridized carbons (Fsp3) is 0.943. The van der Waals surface area contributed by atoms with Crippen molar-refractivity contribution in [3.8, 4) is 0 Å². The Balaban J connectivity index is 1.34. The van der Waals surface area contributed by atoms with E-state index < -0.39 is 124 Å². The number of hydrogen-bond acceptors (Lipinski definition) is 18. The Morgan fingerprint density at radius 1 is 0.327 bits per heavy atom. The third-order valence-electron chi connectivity index (χ3n) is 22.8. The predicted molar refractivity (Wildman–Crippen MR) is 430 cm³/mol. The summed E-state index contributed by atoms with van der Waals surface area (Å²) in [7, 11) is 0. The molecule has 3 rings (SSSR count). The SMILES string of the molecule is CCCCCCCCCCCCCCCCCCCCCCCCCCC/C=C/CC/C=C/C(O)C(COC1OC(CO)C(OC2OC(CO)C(OC3OC(CO)C(O)C(O)C3O)C(O)C2O)C(O)C1O)NC(=O)CCCCCCCCCCCCCCCCCCCCCCCCCCCCCCCCC. The molecule has 632 valence electrons. The summed E-state index contributed by atoms with van der Waals surface area (Å²) >= 11 is 0. The van der Waals surface area contributed by atoms with E-state index in [1.165, 1.54) is 327 Å². The molecule has 0 aromatic rings. The topological polar surface area (TPSA) is 307 Å². The number of rotatable bonds is 74. The van der Waals surface area contributed by atoms with Gasteiger partial charge in [0, 0.05) is 6.42 Å². The molecule has 19 nitrogen and oxygen atoms in total. The first-order chi connectivity index (χ1) is 52.3. The van der Waals surface area contributed by atoms with Crippen molar-refractivity contribution in [3.05, 3.63) is 24.3 Å². The van der Waals surface area contributed by atoms with Crippen molar-refractivity contribution < 1.29 is 89.4 Å². The number of carbonyl (C=O) groups is 1. The third kappa shape index (κ3) is 47.7. The van der Waals surface area contributed by atoms with Gasteiger partial charge in [-0.1, -0.05) is 385 Å². The van der Waals surface area contributed by atoms with E-state index >= 15 is 0 Å². The summed E-state index contributed by atoms with van der Waals surface area (Å²) < 4.78 is 34.5. The summed E-state index contributed by atoms with van der Waals surface area (Å²) in [6, 6.07) is -0.989. The number of ether oxygens (including phenoxy) is 6. The summed E-state index contributed by atoms with van der Waals surface area (Å²) in [5.74, 6) is -0.276. The lowest BCUT2D eigenvalue weighted by Crippen LogP contribution is -2.66. The Kier molecular flexibility index (Phi) is 63.8. The van der Waals surface area contributed by atoms with E-state index in [-0.39, 0.29) is 18.9 Å². The van der Waals surface area contributed by atoms with Gasteiger partial charge in [0.2, 0.25) is 5.91 Å². The Labute approximate surface area is 651 Å². The third-order valence-corrected chi connectivity index (χ3v) is 22.8. The summed E-state index contributed by atoms with van der Waals surface area (Å²) in [5, 5.41) is 121. The van der Waals surface area contributed by atoms with Gasteiger partial charge < -0.3 is 89.9 Å². The van der Waals surface area contributed by atoms with Crippen LogP contribution in [0.5, 0.6) is 0 Å². The quantitative estimate of drug-likeness (QED) is 0.0199. The lowest BCUT2D eigenvalue weighted by Gasteiger charge is -2.48. The fourth-order valence-electron chi connectivity index (χ4n) is 15.6. The zero-order valence-corrected chi connectivity index (χ0v) is 68.2. The van der Waals surface area contributed by atoms with Gasteiger partial charge >= 0.3 is 0 Å². The van der Waals surface area contributed by atoms with Crippen LogP contribution in [0.1, 0.15) is 399 Å².